The van der Waals surface area contributed by atoms with Crippen LogP contribution in [0.1, 0.15) is 31.9 Å². The standard InChI is InChI=1S/C20H22N4OS/c1-20(2,3)15-11-9-14(10-12-15)13-21-24-18(22-23-19(24)26)16-7-5-6-8-17(16)25-4/h5-13H,1-4H3,(H,23,26). The second-order valence-corrected chi connectivity index (χ2v) is 7.37. The van der Waals surface area contributed by atoms with E-state index in [1.54, 1.807) is 18.0 Å². The Kier molecular flexibility index (Phi) is 5.04. The summed E-state index contributed by atoms with van der Waals surface area (Å²) in [5.41, 5.74) is 3.22. The van der Waals surface area contributed by atoms with Gasteiger partial charge in [0.1, 0.15) is 5.75 Å². The lowest BCUT2D eigenvalue weighted by Gasteiger charge is -2.18. The Balaban J connectivity index is 1.95. The Bertz CT molecular complexity index is 978. The van der Waals surface area contributed by atoms with Crippen LogP contribution in [0.25, 0.3) is 11.4 Å². The van der Waals surface area contributed by atoms with Crippen LogP contribution in [-0.2, 0) is 5.41 Å². The van der Waals surface area contributed by atoms with E-state index in [2.05, 4.69) is 60.3 Å². The highest BCUT2D eigenvalue weighted by Gasteiger charge is 2.14. The third-order valence-corrected chi connectivity index (χ3v) is 4.36. The number of nitrogens with one attached hydrogen (secondary N) is 1. The topological polar surface area (TPSA) is 55.2 Å². The molecule has 0 saturated heterocycles. The molecular formula is C20H22N4OS. The minimum Gasteiger partial charge on any atom is -0.496 e. The van der Waals surface area contributed by atoms with Crippen LogP contribution in [0.4, 0.5) is 0 Å². The van der Waals surface area contributed by atoms with Gasteiger partial charge < -0.3 is 4.74 Å². The maximum Gasteiger partial charge on any atom is 0.216 e. The van der Waals surface area contributed by atoms with E-state index in [9.17, 15) is 0 Å². The molecule has 5 nitrogen and oxygen atoms in total. The number of H-pyrrole nitrogens is 1. The van der Waals surface area contributed by atoms with Crippen molar-refractivity contribution < 1.29 is 4.74 Å². The molecule has 1 heterocycles. The number of hydrogen-bond acceptors (Lipinski definition) is 4. The van der Waals surface area contributed by atoms with Gasteiger partial charge in [-0.25, -0.2) is 5.10 Å². The lowest BCUT2D eigenvalue weighted by molar-refractivity contribution is 0.416. The minimum absolute atomic E-state index is 0.125. The zero-order valence-corrected chi connectivity index (χ0v) is 16.2. The third kappa shape index (κ3) is 3.75. The summed E-state index contributed by atoms with van der Waals surface area (Å²) in [5.74, 6) is 1.32. The monoisotopic (exact) mass is 366 g/mol. The van der Waals surface area contributed by atoms with E-state index in [1.165, 1.54) is 5.56 Å². The molecular weight excluding hydrogens is 344 g/mol. The number of methoxy groups -OCH3 is 1. The van der Waals surface area contributed by atoms with E-state index >= 15 is 0 Å². The van der Waals surface area contributed by atoms with Gasteiger partial charge in [0, 0.05) is 0 Å². The van der Waals surface area contributed by atoms with E-state index in [1.807, 2.05) is 24.3 Å². The second kappa shape index (κ2) is 7.25. The lowest BCUT2D eigenvalue weighted by atomic mass is 9.87. The summed E-state index contributed by atoms with van der Waals surface area (Å²) in [5, 5.41) is 11.6. The highest BCUT2D eigenvalue weighted by molar-refractivity contribution is 7.71. The van der Waals surface area contributed by atoms with Crippen molar-refractivity contribution in [1.29, 1.82) is 0 Å². The zero-order valence-electron chi connectivity index (χ0n) is 15.4. The molecule has 0 saturated carbocycles. The summed E-state index contributed by atoms with van der Waals surface area (Å²) < 4.78 is 7.45. The van der Waals surface area contributed by atoms with Crippen LogP contribution in [0.15, 0.2) is 53.6 Å². The van der Waals surface area contributed by atoms with Crippen molar-refractivity contribution in [2.75, 3.05) is 7.11 Å². The molecule has 0 bridgehead atoms. The molecule has 0 aliphatic rings. The summed E-state index contributed by atoms with van der Waals surface area (Å²) in [7, 11) is 1.63. The maximum absolute atomic E-state index is 5.42. The number of benzene rings is 2. The largest absolute Gasteiger partial charge is 0.496 e. The Labute approximate surface area is 158 Å². The highest BCUT2D eigenvalue weighted by Crippen LogP contribution is 2.28. The van der Waals surface area contributed by atoms with Crippen LogP contribution >= 0.6 is 12.2 Å². The Morgan fingerprint density at radius 1 is 1.12 bits per heavy atom. The van der Waals surface area contributed by atoms with Gasteiger partial charge in [-0.05, 0) is 40.9 Å². The molecule has 0 aliphatic carbocycles. The minimum atomic E-state index is 0.125. The Morgan fingerprint density at radius 3 is 2.46 bits per heavy atom. The first-order chi connectivity index (χ1) is 12.4. The average molecular weight is 366 g/mol. The molecule has 3 rings (SSSR count). The van der Waals surface area contributed by atoms with Gasteiger partial charge in [0.05, 0.1) is 18.9 Å². The molecule has 0 radical (unpaired) electrons. The van der Waals surface area contributed by atoms with Crippen LogP contribution in [0.3, 0.4) is 0 Å². The molecule has 0 amide bonds. The van der Waals surface area contributed by atoms with Gasteiger partial charge in [0.15, 0.2) is 5.82 Å². The van der Waals surface area contributed by atoms with E-state index in [0.717, 1.165) is 11.1 Å². The summed E-state index contributed by atoms with van der Waals surface area (Å²) >= 11 is 5.33. The predicted octanol–water partition coefficient (Wildman–Crippen LogP) is 4.80. The van der Waals surface area contributed by atoms with Gasteiger partial charge in [-0.2, -0.15) is 14.9 Å². The van der Waals surface area contributed by atoms with E-state index in [4.69, 9.17) is 17.0 Å². The Morgan fingerprint density at radius 2 is 1.81 bits per heavy atom. The molecule has 0 spiro atoms. The first-order valence-corrected chi connectivity index (χ1v) is 8.76. The fourth-order valence-electron chi connectivity index (χ4n) is 2.60. The van der Waals surface area contributed by atoms with E-state index in [0.29, 0.717) is 16.3 Å². The summed E-state index contributed by atoms with van der Waals surface area (Å²) in [6.45, 7) is 6.58. The molecule has 6 heteroatoms. The number of nitrogens with zero attached hydrogens (tertiary/aromatic N) is 3. The van der Waals surface area contributed by atoms with Crippen LogP contribution < -0.4 is 4.74 Å². The first-order valence-electron chi connectivity index (χ1n) is 8.36. The van der Waals surface area contributed by atoms with Crippen LogP contribution in [0, 0.1) is 4.77 Å². The number of ether oxygens (including phenoxy) is 1. The molecule has 0 fully saturated rings. The molecule has 0 atom stereocenters. The summed E-state index contributed by atoms with van der Waals surface area (Å²) in [4.78, 5) is 0. The Hall–Kier alpha value is -2.73. The van der Waals surface area contributed by atoms with Crippen molar-refractivity contribution in [1.82, 2.24) is 14.9 Å². The number of para-hydroxylation sites is 1. The molecule has 26 heavy (non-hydrogen) atoms. The van der Waals surface area contributed by atoms with E-state index < -0.39 is 0 Å². The van der Waals surface area contributed by atoms with Gasteiger partial charge in [0.25, 0.3) is 0 Å². The third-order valence-electron chi connectivity index (χ3n) is 4.10. The van der Waals surface area contributed by atoms with Crippen molar-refractivity contribution in [2.45, 2.75) is 26.2 Å². The maximum atomic E-state index is 5.42. The number of hydrogen-bond donors (Lipinski definition) is 1. The van der Waals surface area contributed by atoms with Gasteiger partial charge in [0.2, 0.25) is 4.77 Å². The average Bonchev–Trinajstić information content (AvgIpc) is 3.00. The van der Waals surface area contributed by atoms with Crippen molar-refractivity contribution in [2.24, 2.45) is 5.10 Å². The molecule has 2 aromatic carbocycles. The van der Waals surface area contributed by atoms with Crippen molar-refractivity contribution in [3.8, 4) is 17.1 Å². The van der Waals surface area contributed by atoms with E-state index in [-0.39, 0.29) is 5.41 Å². The molecule has 134 valence electrons. The number of aromatic nitrogens is 3. The molecule has 1 aromatic heterocycles. The molecule has 0 unspecified atom stereocenters. The molecule has 0 aliphatic heterocycles. The zero-order chi connectivity index (χ0) is 18.7. The van der Waals surface area contributed by atoms with Crippen molar-refractivity contribution in [3.63, 3.8) is 0 Å². The second-order valence-electron chi connectivity index (χ2n) is 6.98. The number of aromatic amines is 1. The van der Waals surface area contributed by atoms with Crippen LogP contribution in [0.5, 0.6) is 5.75 Å². The van der Waals surface area contributed by atoms with Crippen molar-refractivity contribution in [3.05, 3.63) is 64.4 Å². The fourth-order valence-corrected chi connectivity index (χ4v) is 2.78. The van der Waals surface area contributed by atoms with Gasteiger partial charge >= 0.3 is 0 Å². The van der Waals surface area contributed by atoms with Gasteiger partial charge in [-0.15, -0.1) is 0 Å². The molecule has 3 aromatic rings. The normalized spacial score (nSPS) is 11.8. The summed E-state index contributed by atoms with van der Waals surface area (Å²) in [6, 6.07) is 16.0. The lowest BCUT2D eigenvalue weighted by Crippen LogP contribution is -2.10. The quantitative estimate of drug-likeness (QED) is 0.533. The smallest absolute Gasteiger partial charge is 0.216 e. The fraction of sp³-hybridized carbons (Fsp3) is 0.250. The summed E-state index contributed by atoms with van der Waals surface area (Å²) in [6.07, 6.45) is 1.77. The molecule has 1 N–H and O–H groups in total. The first kappa shape index (κ1) is 18.1. The van der Waals surface area contributed by atoms with Gasteiger partial charge in [-0.1, -0.05) is 57.2 Å². The van der Waals surface area contributed by atoms with Crippen molar-refractivity contribution >= 4 is 18.4 Å². The highest BCUT2D eigenvalue weighted by atomic mass is 32.1. The SMILES string of the molecule is COc1ccccc1-c1n[nH]c(=S)n1N=Cc1ccc(C(C)(C)C)cc1. The van der Waals surface area contributed by atoms with Crippen LogP contribution in [-0.4, -0.2) is 28.2 Å². The predicted molar refractivity (Wildman–Crippen MR) is 108 cm³/mol. The van der Waals surface area contributed by atoms with Crippen LogP contribution in [0.2, 0.25) is 0 Å². The number of rotatable bonds is 4. The van der Waals surface area contributed by atoms with Gasteiger partial charge in [-0.3, -0.25) is 0 Å².